The van der Waals surface area contributed by atoms with E-state index in [0.29, 0.717) is 45.0 Å². The van der Waals surface area contributed by atoms with Crippen molar-refractivity contribution in [2.45, 2.75) is 32.6 Å². The summed E-state index contributed by atoms with van der Waals surface area (Å²) in [6.45, 7) is 3.98. The highest BCUT2D eigenvalue weighted by Crippen LogP contribution is 2.51. The number of nitrogens with zero attached hydrogens (tertiary/aromatic N) is 1. The van der Waals surface area contributed by atoms with E-state index < -0.39 is 11.8 Å². The van der Waals surface area contributed by atoms with Crippen LogP contribution in [0.5, 0.6) is 5.75 Å². The predicted molar refractivity (Wildman–Crippen MR) is 101 cm³/mol. The summed E-state index contributed by atoms with van der Waals surface area (Å²) in [7, 11) is 1.52. The van der Waals surface area contributed by atoms with Crippen LogP contribution in [0.2, 0.25) is 5.02 Å². The molecule has 0 saturated carbocycles. The molecule has 7 heteroatoms. The number of ketones is 1. The fourth-order valence-corrected chi connectivity index (χ4v) is 4.72. The van der Waals surface area contributed by atoms with Gasteiger partial charge in [-0.3, -0.25) is 10.2 Å². The molecule has 2 atom stereocenters. The molecule has 0 fully saturated rings. The third kappa shape index (κ3) is 3.15. The minimum Gasteiger partial charge on any atom is -0.495 e. The molecule has 2 aliphatic rings. The van der Waals surface area contributed by atoms with Crippen molar-refractivity contribution >= 4 is 39.2 Å². The van der Waals surface area contributed by atoms with Gasteiger partial charge in [0.05, 0.1) is 17.7 Å². The molecule has 0 radical (unpaired) electrons. The Kier molecular flexibility index (Phi) is 4.89. The van der Waals surface area contributed by atoms with E-state index in [0.717, 1.165) is 0 Å². The monoisotopic (exact) mass is 436 g/mol. The Balaban J connectivity index is 2.28. The number of ether oxygens (including phenoxy) is 2. The lowest BCUT2D eigenvalue weighted by Gasteiger charge is -2.39. The average Bonchev–Trinajstić information content (AvgIpc) is 2.51. The third-order valence-electron chi connectivity index (χ3n) is 4.75. The van der Waals surface area contributed by atoms with E-state index in [-0.39, 0.29) is 17.1 Å². The molecule has 26 heavy (non-hydrogen) atoms. The highest BCUT2D eigenvalue weighted by Gasteiger charge is 2.47. The molecule has 1 aliphatic carbocycles. The van der Waals surface area contributed by atoms with Gasteiger partial charge in [0.25, 0.3) is 0 Å². The van der Waals surface area contributed by atoms with Crippen molar-refractivity contribution in [2.24, 2.45) is 11.3 Å². The number of nitrogens with one attached hydrogen (secondary N) is 1. The molecule has 0 spiro atoms. The molecule has 0 aromatic heterocycles. The third-order valence-corrected chi connectivity index (χ3v) is 5.56. The van der Waals surface area contributed by atoms with E-state index in [1.807, 2.05) is 13.8 Å². The van der Waals surface area contributed by atoms with Crippen LogP contribution >= 0.6 is 27.5 Å². The number of carbonyl (C=O) groups excluding carboxylic acids is 1. The second-order valence-electron chi connectivity index (χ2n) is 7.34. The molecule has 0 bridgehead atoms. The number of hydrogen-bond acceptors (Lipinski definition) is 5. The molecular formula is C19H18BrClN2O3. The number of hydrogen-bond donors (Lipinski definition) is 1. The second kappa shape index (κ2) is 6.71. The summed E-state index contributed by atoms with van der Waals surface area (Å²) in [6, 6.07) is 5.50. The zero-order valence-electron chi connectivity index (χ0n) is 14.7. The zero-order chi connectivity index (χ0) is 19.2. The Hall–Kier alpha value is -1.84. The number of allylic oxidation sites excluding steroid dienone is 2. The van der Waals surface area contributed by atoms with E-state index in [2.05, 4.69) is 22.0 Å². The lowest BCUT2D eigenvalue weighted by atomic mass is 9.68. The SMILES string of the molecule is COc1c(Br)cc(Cl)cc1C1C2=C(CC(C)(C)CC2=O)OC(=N)C1C#N. The summed E-state index contributed by atoms with van der Waals surface area (Å²) in [6.07, 6.45) is 0.899. The minimum absolute atomic E-state index is 0.0628. The highest BCUT2D eigenvalue weighted by molar-refractivity contribution is 9.10. The summed E-state index contributed by atoms with van der Waals surface area (Å²) >= 11 is 9.65. The summed E-state index contributed by atoms with van der Waals surface area (Å²) in [5.41, 5.74) is 0.811. The van der Waals surface area contributed by atoms with Crippen molar-refractivity contribution < 1.29 is 14.3 Å². The van der Waals surface area contributed by atoms with Gasteiger partial charge in [0.1, 0.15) is 17.4 Å². The molecule has 1 N–H and O–H groups in total. The minimum atomic E-state index is -0.918. The lowest BCUT2D eigenvalue weighted by molar-refractivity contribution is -0.119. The second-order valence-corrected chi connectivity index (χ2v) is 8.63. The van der Waals surface area contributed by atoms with Crippen LogP contribution in [0.25, 0.3) is 0 Å². The molecule has 3 rings (SSSR count). The first-order valence-corrected chi connectivity index (χ1v) is 9.30. The van der Waals surface area contributed by atoms with Crippen LogP contribution in [0.4, 0.5) is 0 Å². The van der Waals surface area contributed by atoms with Gasteiger partial charge in [-0.2, -0.15) is 5.26 Å². The fourth-order valence-electron chi connectivity index (χ4n) is 3.72. The van der Waals surface area contributed by atoms with Crippen LogP contribution in [0, 0.1) is 28.1 Å². The summed E-state index contributed by atoms with van der Waals surface area (Å²) in [4.78, 5) is 13.0. The van der Waals surface area contributed by atoms with Gasteiger partial charge >= 0.3 is 0 Å². The lowest BCUT2D eigenvalue weighted by Crippen LogP contribution is -2.38. The quantitative estimate of drug-likeness (QED) is 0.707. The van der Waals surface area contributed by atoms with Gasteiger partial charge in [-0.05, 0) is 33.5 Å². The Morgan fingerprint density at radius 2 is 2.12 bits per heavy atom. The molecule has 0 saturated heterocycles. The van der Waals surface area contributed by atoms with Gasteiger partial charge in [0.2, 0.25) is 5.90 Å². The smallest absolute Gasteiger partial charge is 0.205 e. The molecule has 1 aliphatic heterocycles. The standard InChI is InChI=1S/C19H18BrClN2O3/c1-19(2)6-13(24)16-14(7-19)26-18(23)11(8-22)15(16)10-4-9(21)5-12(20)17(10)25-3/h4-5,11,15,23H,6-7H2,1-3H3. The Morgan fingerprint density at radius 1 is 1.42 bits per heavy atom. The number of carbonyl (C=O) groups is 1. The van der Waals surface area contributed by atoms with Gasteiger partial charge < -0.3 is 9.47 Å². The Morgan fingerprint density at radius 3 is 2.73 bits per heavy atom. The van der Waals surface area contributed by atoms with Gasteiger partial charge in [-0.15, -0.1) is 0 Å². The van der Waals surface area contributed by atoms with Crippen molar-refractivity contribution in [3.05, 3.63) is 38.5 Å². The van der Waals surface area contributed by atoms with Crippen molar-refractivity contribution in [1.29, 1.82) is 10.7 Å². The highest BCUT2D eigenvalue weighted by atomic mass is 79.9. The predicted octanol–water partition coefficient (Wildman–Crippen LogP) is 4.99. The molecule has 1 aromatic rings. The van der Waals surface area contributed by atoms with Crippen LogP contribution in [0.1, 0.15) is 38.2 Å². The number of Topliss-reactive ketones (excluding diaryl/α,β-unsaturated/α-hetero) is 1. The van der Waals surface area contributed by atoms with Crippen molar-refractivity contribution in [3.63, 3.8) is 0 Å². The molecule has 5 nitrogen and oxygen atoms in total. The van der Waals surface area contributed by atoms with Crippen LogP contribution in [0.15, 0.2) is 27.9 Å². The fraction of sp³-hybridized carbons (Fsp3) is 0.421. The van der Waals surface area contributed by atoms with E-state index in [4.69, 9.17) is 26.5 Å². The van der Waals surface area contributed by atoms with Crippen molar-refractivity contribution in [3.8, 4) is 11.8 Å². The van der Waals surface area contributed by atoms with Crippen LogP contribution < -0.4 is 4.74 Å². The maximum Gasteiger partial charge on any atom is 0.205 e. The Bertz CT molecular complexity index is 886. The molecular weight excluding hydrogens is 420 g/mol. The van der Waals surface area contributed by atoms with E-state index in [9.17, 15) is 10.1 Å². The van der Waals surface area contributed by atoms with E-state index in [1.165, 1.54) is 7.11 Å². The van der Waals surface area contributed by atoms with Crippen LogP contribution in [-0.4, -0.2) is 18.8 Å². The van der Waals surface area contributed by atoms with E-state index in [1.54, 1.807) is 12.1 Å². The Labute approximate surface area is 165 Å². The molecule has 1 heterocycles. The number of methoxy groups -OCH3 is 1. The molecule has 136 valence electrons. The molecule has 1 aromatic carbocycles. The number of halogens is 2. The van der Waals surface area contributed by atoms with Crippen LogP contribution in [-0.2, 0) is 9.53 Å². The van der Waals surface area contributed by atoms with Gasteiger partial charge in [0.15, 0.2) is 5.78 Å². The van der Waals surface area contributed by atoms with Crippen molar-refractivity contribution in [2.75, 3.05) is 7.11 Å². The van der Waals surface area contributed by atoms with Crippen LogP contribution in [0.3, 0.4) is 0 Å². The normalized spacial score (nSPS) is 24.6. The summed E-state index contributed by atoms with van der Waals surface area (Å²) in [5.74, 6) is -0.806. The average molecular weight is 438 g/mol. The van der Waals surface area contributed by atoms with Gasteiger partial charge in [-0.1, -0.05) is 25.4 Å². The maximum absolute atomic E-state index is 13.0. The first-order valence-electron chi connectivity index (χ1n) is 8.13. The van der Waals surface area contributed by atoms with E-state index >= 15 is 0 Å². The molecule has 2 unspecified atom stereocenters. The summed E-state index contributed by atoms with van der Waals surface area (Å²) in [5, 5.41) is 18.3. The van der Waals surface area contributed by atoms with Crippen molar-refractivity contribution in [1.82, 2.24) is 0 Å². The first kappa shape index (κ1) is 18.9. The largest absolute Gasteiger partial charge is 0.495 e. The van der Waals surface area contributed by atoms with Gasteiger partial charge in [-0.25, -0.2) is 0 Å². The number of rotatable bonds is 2. The topological polar surface area (TPSA) is 83.2 Å². The first-order chi connectivity index (χ1) is 12.2. The number of benzene rings is 1. The van der Waals surface area contributed by atoms with Gasteiger partial charge in [0, 0.05) is 34.9 Å². The number of nitriles is 1. The maximum atomic E-state index is 13.0. The summed E-state index contributed by atoms with van der Waals surface area (Å²) < 4.78 is 11.8. The molecule has 0 amide bonds. The zero-order valence-corrected chi connectivity index (χ0v) is 17.0.